The maximum atomic E-state index is 9.29. The molecule has 2 rings (SSSR count). The Morgan fingerprint density at radius 3 is 2.78 bits per heavy atom. The number of rotatable bonds is 2. The first-order valence-corrected chi connectivity index (χ1v) is 7.01. The second-order valence-electron chi connectivity index (χ2n) is 3.86. The van der Waals surface area contributed by atoms with Crippen molar-refractivity contribution in [3.05, 3.63) is 56.2 Å². The first-order valence-electron chi connectivity index (χ1n) is 5.33. The molecule has 0 saturated heterocycles. The fraction of sp³-hybridized carbons (Fsp3) is 0.0714. The van der Waals surface area contributed by atoms with Gasteiger partial charge < -0.3 is 5.73 Å². The third-order valence-corrected chi connectivity index (χ3v) is 4.14. The molecule has 0 unspecified atom stereocenters. The molecule has 90 valence electrons. The average Bonchev–Trinajstić information content (AvgIpc) is 2.87. The number of allylic oxidation sites excluding steroid dienone is 1. The maximum Gasteiger partial charge on any atom is 0.103 e. The fourth-order valence-corrected chi connectivity index (χ4v) is 2.84. The lowest BCUT2D eigenvalue weighted by Gasteiger charge is -2.08. The number of hydrogen-bond acceptors (Lipinski definition) is 3. The molecule has 0 atom stereocenters. The first kappa shape index (κ1) is 12.9. The van der Waals surface area contributed by atoms with Crippen molar-refractivity contribution < 1.29 is 0 Å². The van der Waals surface area contributed by atoms with E-state index < -0.39 is 0 Å². The van der Waals surface area contributed by atoms with Crippen molar-refractivity contribution in [3.63, 3.8) is 0 Å². The molecular formula is C14H11BrN2S. The van der Waals surface area contributed by atoms with Crippen LogP contribution in [0, 0.1) is 18.3 Å². The van der Waals surface area contributed by atoms with E-state index >= 15 is 0 Å². The number of benzene rings is 1. The summed E-state index contributed by atoms with van der Waals surface area (Å²) in [5.41, 5.74) is 9.15. The van der Waals surface area contributed by atoms with E-state index in [2.05, 4.69) is 22.0 Å². The molecule has 0 saturated carbocycles. The lowest BCUT2D eigenvalue weighted by Crippen LogP contribution is -2.01. The number of hydrogen-bond donors (Lipinski definition) is 1. The molecule has 0 fully saturated rings. The molecule has 4 heteroatoms. The molecule has 1 aromatic carbocycles. The van der Waals surface area contributed by atoms with E-state index in [1.807, 2.05) is 42.6 Å². The van der Waals surface area contributed by atoms with Gasteiger partial charge in [-0.15, -0.1) is 11.3 Å². The van der Waals surface area contributed by atoms with Crippen LogP contribution in [0.4, 0.5) is 0 Å². The number of aryl methyl sites for hydroxylation is 1. The van der Waals surface area contributed by atoms with Gasteiger partial charge in [-0.25, -0.2) is 0 Å². The minimum absolute atomic E-state index is 0.510. The van der Waals surface area contributed by atoms with Gasteiger partial charge in [-0.2, -0.15) is 5.26 Å². The van der Waals surface area contributed by atoms with E-state index in [-0.39, 0.29) is 0 Å². The molecule has 2 N–H and O–H groups in total. The topological polar surface area (TPSA) is 49.8 Å². The quantitative estimate of drug-likeness (QED) is 0.845. The zero-order chi connectivity index (χ0) is 13.1. The predicted molar refractivity (Wildman–Crippen MR) is 79.8 cm³/mol. The molecule has 2 aromatic rings. The van der Waals surface area contributed by atoms with Crippen LogP contribution in [-0.4, -0.2) is 0 Å². The molecular weight excluding hydrogens is 308 g/mol. The van der Waals surface area contributed by atoms with E-state index in [4.69, 9.17) is 5.73 Å². The molecule has 0 aliphatic carbocycles. The van der Waals surface area contributed by atoms with Crippen LogP contribution in [0.5, 0.6) is 0 Å². The van der Waals surface area contributed by atoms with Crippen LogP contribution in [-0.2, 0) is 0 Å². The third-order valence-electron chi connectivity index (χ3n) is 2.56. The highest BCUT2D eigenvalue weighted by Crippen LogP contribution is 2.30. The van der Waals surface area contributed by atoms with Gasteiger partial charge in [-0.05, 0) is 30.5 Å². The number of halogens is 1. The molecule has 18 heavy (non-hydrogen) atoms. The minimum atomic E-state index is 0.510. The summed E-state index contributed by atoms with van der Waals surface area (Å²) in [7, 11) is 0. The first-order chi connectivity index (χ1) is 8.63. The van der Waals surface area contributed by atoms with Gasteiger partial charge in [0.1, 0.15) is 6.07 Å². The van der Waals surface area contributed by atoms with Crippen LogP contribution < -0.4 is 5.73 Å². The molecule has 0 bridgehead atoms. The van der Waals surface area contributed by atoms with Crippen LogP contribution in [0.2, 0.25) is 0 Å². The predicted octanol–water partition coefficient (Wildman–Crippen LogP) is 4.17. The lowest BCUT2D eigenvalue weighted by atomic mass is 10.0. The summed E-state index contributed by atoms with van der Waals surface area (Å²) < 4.78 is 0.898. The molecule has 0 amide bonds. The Hall–Kier alpha value is -1.57. The van der Waals surface area contributed by atoms with Crippen molar-refractivity contribution in [3.8, 4) is 6.07 Å². The van der Waals surface area contributed by atoms with Crippen LogP contribution >= 0.6 is 27.3 Å². The van der Waals surface area contributed by atoms with Crippen LogP contribution in [0.25, 0.3) is 11.3 Å². The van der Waals surface area contributed by atoms with Gasteiger partial charge in [0.2, 0.25) is 0 Å². The summed E-state index contributed by atoms with van der Waals surface area (Å²) >= 11 is 4.98. The van der Waals surface area contributed by atoms with Crippen LogP contribution in [0.3, 0.4) is 0 Å². The Kier molecular flexibility index (Phi) is 3.85. The zero-order valence-corrected chi connectivity index (χ0v) is 12.2. The molecule has 0 aliphatic heterocycles. The van der Waals surface area contributed by atoms with Crippen molar-refractivity contribution in [1.29, 1.82) is 5.26 Å². The lowest BCUT2D eigenvalue weighted by molar-refractivity contribution is 1.40. The highest BCUT2D eigenvalue weighted by Gasteiger charge is 2.12. The van der Waals surface area contributed by atoms with E-state index in [0.717, 1.165) is 20.5 Å². The van der Waals surface area contributed by atoms with Gasteiger partial charge in [-0.3, -0.25) is 0 Å². The molecule has 0 spiro atoms. The van der Waals surface area contributed by atoms with Crippen molar-refractivity contribution in [1.82, 2.24) is 0 Å². The van der Waals surface area contributed by atoms with E-state index in [0.29, 0.717) is 11.3 Å². The van der Waals surface area contributed by atoms with Gasteiger partial charge in [0.25, 0.3) is 0 Å². The van der Waals surface area contributed by atoms with E-state index in [9.17, 15) is 5.26 Å². The highest BCUT2D eigenvalue weighted by atomic mass is 79.9. The van der Waals surface area contributed by atoms with Gasteiger partial charge in [0.05, 0.1) is 11.3 Å². The Labute approximate surface area is 118 Å². The van der Waals surface area contributed by atoms with Gasteiger partial charge in [0.15, 0.2) is 0 Å². The van der Waals surface area contributed by atoms with Crippen LogP contribution in [0.15, 0.2) is 40.2 Å². The number of nitrogens with zero attached hydrogens (tertiary/aromatic N) is 1. The summed E-state index contributed by atoms with van der Waals surface area (Å²) in [6.07, 6.45) is 0. The third kappa shape index (κ3) is 2.47. The monoisotopic (exact) mass is 318 g/mol. The van der Waals surface area contributed by atoms with Crippen molar-refractivity contribution in [2.24, 2.45) is 5.73 Å². The Bertz CT molecular complexity index is 636. The summed E-state index contributed by atoms with van der Waals surface area (Å²) in [6.45, 7) is 2.00. The number of nitrogens with two attached hydrogens (primary N) is 1. The fourth-order valence-electron chi connectivity index (χ4n) is 1.65. The molecule has 0 radical (unpaired) electrons. The molecule has 1 aromatic heterocycles. The highest BCUT2D eigenvalue weighted by molar-refractivity contribution is 9.10. The second kappa shape index (κ2) is 5.38. The van der Waals surface area contributed by atoms with Gasteiger partial charge >= 0.3 is 0 Å². The van der Waals surface area contributed by atoms with E-state index in [1.54, 1.807) is 0 Å². The standard InChI is InChI=1S/C14H11BrN2S/c1-9-4-5-12(15)10(7-9)14(17)11(8-16)13-3-2-6-18-13/h2-7H,17H2,1H3/b14-11+. The van der Waals surface area contributed by atoms with Crippen molar-refractivity contribution >= 4 is 38.5 Å². The number of thiophene rings is 1. The number of nitriles is 1. The summed E-state index contributed by atoms with van der Waals surface area (Å²) in [5.74, 6) is 0. The smallest absolute Gasteiger partial charge is 0.103 e. The second-order valence-corrected chi connectivity index (χ2v) is 5.66. The van der Waals surface area contributed by atoms with Crippen molar-refractivity contribution in [2.45, 2.75) is 6.92 Å². The Balaban J connectivity index is 2.62. The van der Waals surface area contributed by atoms with Gasteiger partial charge in [-0.1, -0.05) is 33.6 Å². The zero-order valence-electron chi connectivity index (χ0n) is 9.77. The van der Waals surface area contributed by atoms with E-state index in [1.165, 1.54) is 11.3 Å². The van der Waals surface area contributed by atoms with Crippen LogP contribution in [0.1, 0.15) is 16.0 Å². The summed E-state index contributed by atoms with van der Waals surface area (Å²) in [5, 5.41) is 11.2. The average molecular weight is 319 g/mol. The largest absolute Gasteiger partial charge is 0.397 e. The molecule has 1 heterocycles. The maximum absolute atomic E-state index is 9.29. The summed E-state index contributed by atoms with van der Waals surface area (Å²) in [4.78, 5) is 0.892. The normalized spacial score (nSPS) is 11.8. The summed E-state index contributed by atoms with van der Waals surface area (Å²) in [6, 6.07) is 11.9. The SMILES string of the molecule is Cc1ccc(Br)c(/C(N)=C(/C#N)c2cccs2)c1. The van der Waals surface area contributed by atoms with Gasteiger partial charge in [0, 0.05) is 14.9 Å². The molecule has 0 aliphatic rings. The molecule has 2 nitrogen and oxygen atoms in total. The Morgan fingerprint density at radius 2 is 2.17 bits per heavy atom. The Morgan fingerprint density at radius 1 is 1.39 bits per heavy atom. The minimum Gasteiger partial charge on any atom is -0.397 e. The van der Waals surface area contributed by atoms with Crippen molar-refractivity contribution in [2.75, 3.05) is 0 Å².